The molecule has 6 rings (SSSR count). The van der Waals surface area contributed by atoms with Gasteiger partial charge in [-0.05, 0) is 29.3 Å². The van der Waals surface area contributed by atoms with E-state index in [1.807, 2.05) is 58.0 Å². The molecule has 5 aromatic heterocycles. The van der Waals surface area contributed by atoms with Crippen molar-refractivity contribution in [3.63, 3.8) is 0 Å². The van der Waals surface area contributed by atoms with Gasteiger partial charge in [-0.3, -0.25) is 9.48 Å². The molecule has 5 heterocycles. The van der Waals surface area contributed by atoms with E-state index in [0.29, 0.717) is 36.1 Å². The van der Waals surface area contributed by atoms with Gasteiger partial charge in [0.15, 0.2) is 5.65 Å². The van der Waals surface area contributed by atoms with Gasteiger partial charge in [0.2, 0.25) is 0 Å². The second-order valence-corrected chi connectivity index (χ2v) is 8.90. The fourth-order valence-electron chi connectivity index (χ4n) is 4.10. The van der Waals surface area contributed by atoms with Crippen LogP contribution in [-0.2, 0) is 19.6 Å². The lowest BCUT2D eigenvalue weighted by Crippen LogP contribution is -2.18. The Morgan fingerprint density at radius 1 is 0.917 bits per heavy atom. The van der Waals surface area contributed by atoms with Gasteiger partial charge in [-0.15, -0.1) is 0 Å². The Labute approximate surface area is 210 Å². The number of halogens is 1. The summed E-state index contributed by atoms with van der Waals surface area (Å²) in [5, 5.41) is 9.46. The molecule has 0 bridgehead atoms. The average Bonchev–Trinajstić information content (AvgIpc) is 3.48. The van der Waals surface area contributed by atoms with E-state index >= 15 is 0 Å². The molecule has 10 heteroatoms. The molecule has 0 atom stereocenters. The van der Waals surface area contributed by atoms with Crippen LogP contribution in [0.15, 0.2) is 90.5 Å². The van der Waals surface area contributed by atoms with Crippen molar-refractivity contribution < 1.29 is 0 Å². The Morgan fingerprint density at radius 2 is 1.75 bits per heavy atom. The maximum Gasteiger partial charge on any atom is 0.250 e. The van der Waals surface area contributed by atoms with Crippen molar-refractivity contribution in [3.05, 3.63) is 118 Å². The molecule has 0 saturated carbocycles. The highest BCUT2D eigenvalue weighted by Gasteiger charge is 2.10. The second-order valence-electron chi connectivity index (χ2n) is 8.47. The maximum atomic E-state index is 12.0. The number of anilines is 1. The van der Waals surface area contributed by atoms with Gasteiger partial charge in [0.1, 0.15) is 17.8 Å². The van der Waals surface area contributed by atoms with Crippen molar-refractivity contribution in [2.75, 3.05) is 5.32 Å². The van der Waals surface area contributed by atoms with E-state index in [-0.39, 0.29) is 5.56 Å². The molecule has 0 saturated heterocycles. The van der Waals surface area contributed by atoms with E-state index in [9.17, 15) is 4.79 Å². The number of nitrogens with zero attached hydrogens (tertiary/aromatic N) is 7. The highest BCUT2D eigenvalue weighted by atomic mass is 35.5. The Morgan fingerprint density at radius 3 is 2.58 bits per heavy atom. The molecule has 6 aromatic rings. The van der Waals surface area contributed by atoms with Crippen LogP contribution in [0.2, 0.25) is 5.02 Å². The van der Waals surface area contributed by atoms with E-state index in [1.54, 1.807) is 22.9 Å². The summed E-state index contributed by atoms with van der Waals surface area (Å²) in [4.78, 5) is 25.3. The van der Waals surface area contributed by atoms with Crippen molar-refractivity contribution in [1.29, 1.82) is 0 Å². The standard InChI is InChI=1S/C26H21ClN8O/c27-20-8-10-33-15-21(31-23(33)11-20)12-28-25-22-16-35(32-26(22)30-17-29-25)14-19-6-4-18(5-7-19)13-34-9-2-1-3-24(34)36/h1-11,15-17H,12-14H2,(H,28,29,30,32). The molecule has 9 nitrogen and oxygen atoms in total. The Hall–Kier alpha value is -4.50. The molecule has 0 amide bonds. The van der Waals surface area contributed by atoms with Crippen LogP contribution >= 0.6 is 11.6 Å². The summed E-state index contributed by atoms with van der Waals surface area (Å²) in [6.07, 6.45) is 9.08. The Bertz CT molecular complexity index is 1740. The van der Waals surface area contributed by atoms with Gasteiger partial charge in [0, 0.05) is 35.9 Å². The topological polar surface area (TPSA) is 94.9 Å². The first-order chi connectivity index (χ1) is 17.6. The number of benzene rings is 1. The minimum atomic E-state index is -0.0130. The number of fused-ring (bicyclic) bond motifs is 2. The van der Waals surface area contributed by atoms with Crippen molar-refractivity contribution in [2.24, 2.45) is 0 Å². The monoisotopic (exact) mass is 496 g/mol. The molecule has 0 spiro atoms. The number of aromatic nitrogens is 7. The van der Waals surface area contributed by atoms with Crippen molar-refractivity contribution in [3.8, 4) is 0 Å². The summed E-state index contributed by atoms with van der Waals surface area (Å²) in [6, 6.07) is 17.0. The maximum absolute atomic E-state index is 12.0. The smallest absolute Gasteiger partial charge is 0.250 e. The quantitative estimate of drug-likeness (QED) is 0.359. The van der Waals surface area contributed by atoms with Crippen LogP contribution in [0.1, 0.15) is 16.8 Å². The Kier molecular flexibility index (Phi) is 5.67. The lowest BCUT2D eigenvalue weighted by molar-refractivity contribution is 0.692. The largest absolute Gasteiger partial charge is 0.364 e. The van der Waals surface area contributed by atoms with E-state index in [2.05, 4.69) is 37.5 Å². The zero-order valence-corrected chi connectivity index (χ0v) is 19.9. The summed E-state index contributed by atoms with van der Waals surface area (Å²) < 4.78 is 5.47. The van der Waals surface area contributed by atoms with Crippen molar-refractivity contribution >= 4 is 34.1 Å². The molecular formula is C26H21ClN8O. The normalized spacial score (nSPS) is 11.4. The van der Waals surface area contributed by atoms with Crippen LogP contribution in [-0.4, -0.2) is 33.7 Å². The first kappa shape index (κ1) is 22.0. The molecule has 36 heavy (non-hydrogen) atoms. The minimum absolute atomic E-state index is 0.0130. The van der Waals surface area contributed by atoms with E-state index < -0.39 is 0 Å². The predicted octanol–water partition coefficient (Wildman–Crippen LogP) is 4.00. The van der Waals surface area contributed by atoms with Crippen LogP contribution in [0.25, 0.3) is 16.7 Å². The number of nitrogens with one attached hydrogen (secondary N) is 1. The van der Waals surface area contributed by atoms with E-state index in [4.69, 9.17) is 11.6 Å². The number of hydrogen-bond donors (Lipinski definition) is 1. The molecule has 0 aliphatic carbocycles. The summed E-state index contributed by atoms with van der Waals surface area (Å²) in [6.45, 7) is 1.63. The van der Waals surface area contributed by atoms with Crippen LogP contribution in [0.3, 0.4) is 0 Å². The van der Waals surface area contributed by atoms with Gasteiger partial charge < -0.3 is 14.3 Å². The third-order valence-electron chi connectivity index (χ3n) is 5.89. The lowest BCUT2D eigenvalue weighted by Gasteiger charge is -2.07. The number of rotatable bonds is 7. The average molecular weight is 497 g/mol. The molecule has 0 aliphatic heterocycles. The predicted molar refractivity (Wildman–Crippen MR) is 138 cm³/mol. The SMILES string of the molecule is O=c1ccccn1Cc1ccc(Cn2cc3c(NCc4cn5ccc(Cl)cc5n4)ncnc3n2)cc1. The molecule has 1 aromatic carbocycles. The van der Waals surface area contributed by atoms with Crippen molar-refractivity contribution in [2.45, 2.75) is 19.6 Å². The molecule has 0 aliphatic rings. The van der Waals surface area contributed by atoms with Gasteiger partial charge in [0.25, 0.3) is 5.56 Å². The first-order valence-electron chi connectivity index (χ1n) is 11.4. The summed E-state index contributed by atoms with van der Waals surface area (Å²) in [5.74, 6) is 0.699. The van der Waals surface area contributed by atoms with Gasteiger partial charge in [-0.25, -0.2) is 15.0 Å². The lowest BCUT2D eigenvalue weighted by atomic mass is 10.1. The summed E-state index contributed by atoms with van der Waals surface area (Å²) in [7, 11) is 0. The van der Waals surface area contributed by atoms with Gasteiger partial charge in [-0.2, -0.15) is 5.10 Å². The fraction of sp³-hybridized carbons (Fsp3) is 0.115. The molecule has 0 fully saturated rings. The summed E-state index contributed by atoms with van der Waals surface area (Å²) in [5.41, 5.74) is 4.42. The zero-order valence-electron chi connectivity index (χ0n) is 19.1. The van der Waals surface area contributed by atoms with Crippen molar-refractivity contribution in [1.82, 2.24) is 33.7 Å². The molecular weight excluding hydrogens is 476 g/mol. The number of pyridine rings is 2. The first-order valence-corrected chi connectivity index (χ1v) is 11.8. The van der Waals surface area contributed by atoms with Gasteiger partial charge in [0.05, 0.1) is 30.7 Å². The molecule has 178 valence electrons. The van der Waals surface area contributed by atoms with E-state index in [0.717, 1.165) is 27.9 Å². The van der Waals surface area contributed by atoms with Crippen LogP contribution in [0.5, 0.6) is 0 Å². The molecule has 0 unspecified atom stereocenters. The highest BCUT2D eigenvalue weighted by Crippen LogP contribution is 2.20. The number of imidazole rings is 1. The van der Waals surface area contributed by atoms with Crippen LogP contribution in [0.4, 0.5) is 5.82 Å². The van der Waals surface area contributed by atoms with Crippen LogP contribution < -0.4 is 10.9 Å². The van der Waals surface area contributed by atoms with Gasteiger partial charge >= 0.3 is 0 Å². The van der Waals surface area contributed by atoms with Gasteiger partial charge in [-0.1, -0.05) is 41.9 Å². The highest BCUT2D eigenvalue weighted by molar-refractivity contribution is 6.30. The third-order valence-corrected chi connectivity index (χ3v) is 6.13. The fourth-order valence-corrected chi connectivity index (χ4v) is 4.25. The third kappa shape index (κ3) is 4.56. The van der Waals surface area contributed by atoms with Crippen LogP contribution in [0, 0.1) is 0 Å². The minimum Gasteiger partial charge on any atom is -0.364 e. The Balaban J connectivity index is 1.16. The zero-order chi connectivity index (χ0) is 24.5. The number of hydrogen-bond acceptors (Lipinski definition) is 6. The van der Waals surface area contributed by atoms with E-state index in [1.165, 1.54) is 6.33 Å². The second kappa shape index (κ2) is 9.27. The molecule has 0 radical (unpaired) electrons. The summed E-state index contributed by atoms with van der Waals surface area (Å²) >= 11 is 6.07. The molecule has 1 N–H and O–H groups in total.